The number of carbonyl (C=O) groups is 3. The van der Waals surface area contributed by atoms with Gasteiger partial charge in [-0.15, -0.1) is 0 Å². The van der Waals surface area contributed by atoms with E-state index in [-0.39, 0.29) is 30.2 Å². The third-order valence-corrected chi connectivity index (χ3v) is 6.69. The number of benzene rings is 1. The van der Waals surface area contributed by atoms with Crippen molar-refractivity contribution in [1.82, 2.24) is 20.0 Å². The fraction of sp³-hybridized carbons (Fsp3) is 0.542. The maximum atomic E-state index is 12.9. The van der Waals surface area contributed by atoms with Crippen LogP contribution in [-0.4, -0.2) is 85.3 Å². The Labute approximate surface area is 189 Å². The van der Waals surface area contributed by atoms with Gasteiger partial charge in [-0.2, -0.15) is 0 Å². The molecule has 2 bridgehead atoms. The highest BCUT2D eigenvalue weighted by molar-refractivity contribution is 5.79. The van der Waals surface area contributed by atoms with E-state index in [0.29, 0.717) is 58.8 Å². The van der Waals surface area contributed by atoms with Crippen LogP contribution in [0.4, 0.5) is 0 Å². The van der Waals surface area contributed by atoms with Gasteiger partial charge in [-0.3, -0.25) is 14.4 Å². The summed E-state index contributed by atoms with van der Waals surface area (Å²) in [7, 11) is 0. The highest BCUT2D eigenvalue weighted by atomic mass is 16.5. The van der Waals surface area contributed by atoms with Crippen molar-refractivity contribution >= 4 is 18.2 Å². The van der Waals surface area contributed by atoms with Crippen molar-refractivity contribution in [1.29, 1.82) is 0 Å². The third kappa shape index (κ3) is 5.48. The van der Waals surface area contributed by atoms with E-state index in [2.05, 4.69) is 11.4 Å². The number of rotatable bonds is 3. The van der Waals surface area contributed by atoms with Gasteiger partial charge in [0.05, 0.1) is 6.54 Å². The maximum Gasteiger partial charge on any atom is 0.236 e. The number of hydrogen-bond donors (Lipinski definition) is 1. The number of carbonyl (C=O) groups excluding carboxylic acids is 3. The Morgan fingerprint density at radius 2 is 1.94 bits per heavy atom. The van der Waals surface area contributed by atoms with Gasteiger partial charge in [-0.25, -0.2) is 0 Å². The van der Waals surface area contributed by atoms with Gasteiger partial charge >= 0.3 is 0 Å². The molecular weight excluding hydrogens is 408 g/mol. The molecule has 0 radical (unpaired) electrons. The molecule has 2 saturated heterocycles. The van der Waals surface area contributed by atoms with Gasteiger partial charge in [0, 0.05) is 57.8 Å². The van der Waals surface area contributed by atoms with Crippen LogP contribution >= 0.6 is 0 Å². The quantitative estimate of drug-likeness (QED) is 0.558. The summed E-state index contributed by atoms with van der Waals surface area (Å²) >= 11 is 0. The number of para-hydroxylation sites is 1. The summed E-state index contributed by atoms with van der Waals surface area (Å²) < 4.78 is 5.96. The Bertz CT molecular complexity index is 850. The Hall–Kier alpha value is -2.87. The van der Waals surface area contributed by atoms with Crippen LogP contribution in [-0.2, 0) is 20.9 Å². The average Bonchev–Trinajstić information content (AvgIpc) is 2.83. The molecule has 3 aliphatic heterocycles. The first-order valence-electron chi connectivity index (χ1n) is 11.5. The highest BCUT2D eigenvalue weighted by Crippen LogP contribution is 2.29. The largest absolute Gasteiger partial charge is 0.489 e. The molecule has 0 spiro atoms. The Balaban J connectivity index is 1.42. The van der Waals surface area contributed by atoms with E-state index in [1.54, 1.807) is 4.90 Å². The van der Waals surface area contributed by atoms with E-state index >= 15 is 0 Å². The molecule has 3 heterocycles. The number of hydrogen-bond acceptors (Lipinski definition) is 5. The van der Waals surface area contributed by atoms with Crippen molar-refractivity contribution in [2.45, 2.75) is 19.4 Å². The van der Waals surface area contributed by atoms with Crippen molar-refractivity contribution in [2.24, 2.45) is 11.8 Å². The van der Waals surface area contributed by atoms with Gasteiger partial charge < -0.3 is 24.8 Å². The molecule has 0 unspecified atom stereocenters. The maximum absolute atomic E-state index is 12.9. The second-order valence-corrected chi connectivity index (χ2v) is 8.73. The third-order valence-electron chi connectivity index (χ3n) is 6.69. The van der Waals surface area contributed by atoms with E-state index in [0.717, 1.165) is 24.1 Å². The van der Waals surface area contributed by atoms with Crippen LogP contribution < -0.4 is 10.1 Å². The van der Waals surface area contributed by atoms with Crippen LogP contribution in [0.25, 0.3) is 0 Å². The van der Waals surface area contributed by atoms with Gasteiger partial charge in [0.1, 0.15) is 12.4 Å². The predicted octanol–water partition coefficient (Wildman–Crippen LogP) is 0.880. The number of nitrogens with zero attached hydrogens (tertiary/aromatic N) is 3. The zero-order valence-corrected chi connectivity index (χ0v) is 18.4. The Morgan fingerprint density at radius 3 is 2.75 bits per heavy atom. The Kier molecular flexibility index (Phi) is 7.42. The summed E-state index contributed by atoms with van der Waals surface area (Å²) in [5, 5.41) is 3.25. The van der Waals surface area contributed by atoms with Crippen LogP contribution in [0.5, 0.6) is 5.75 Å². The molecule has 2 atom stereocenters. The molecule has 1 aromatic carbocycles. The summed E-state index contributed by atoms with van der Waals surface area (Å²) in [6.07, 6.45) is 6.26. The van der Waals surface area contributed by atoms with Gasteiger partial charge in [-0.05, 0) is 24.3 Å². The average molecular weight is 441 g/mol. The molecule has 8 nitrogen and oxygen atoms in total. The zero-order chi connectivity index (χ0) is 22.3. The molecule has 1 aromatic rings. The van der Waals surface area contributed by atoms with E-state index in [1.807, 2.05) is 40.1 Å². The van der Waals surface area contributed by atoms with E-state index < -0.39 is 0 Å². The van der Waals surface area contributed by atoms with Crippen molar-refractivity contribution in [3.8, 4) is 5.75 Å². The van der Waals surface area contributed by atoms with Crippen molar-refractivity contribution in [3.05, 3.63) is 42.0 Å². The monoisotopic (exact) mass is 440 g/mol. The molecule has 0 aromatic heterocycles. The molecule has 0 saturated carbocycles. The first-order chi connectivity index (χ1) is 15.6. The van der Waals surface area contributed by atoms with E-state index in [9.17, 15) is 14.4 Å². The molecule has 0 aliphatic carbocycles. The standard InChI is InChI=1S/C24H32N4O4/c29-18-26-9-11-27(12-10-26)23(30)14-19-7-8-28-17-21(19)5-3-13-32-22-6-2-1-4-20(22)15-25-16-24(28)31/h1-6,18-19,21,25H,7-17H2/t19-,21-/m0/s1. The first kappa shape index (κ1) is 22.3. The molecule has 1 N–H and O–H groups in total. The van der Waals surface area contributed by atoms with Crippen molar-refractivity contribution in [3.63, 3.8) is 0 Å². The van der Waals surface area contributed by atoms with Gasteiger partial charge in [-0.1, -0.05) is 30.4 Å². The van der Waals surface area contributed by atoms with Gasteiger partial charge in [0.2, 0.25) is 18.2 Å². The molecule has 32 heavy (non-hydrogen) atoms. The fourth-order valence-corrected chi connectivity index (χ4v) is 4.73. The lowest BCUT2D eigenvalue weighted by molar-refractivity contribution is -0.137. The smallest absolute Gasteiger partial charge is 0.236 e. The van der Waals surface area contributed by atoms with Crippen LogP contribution in [0.2, 0.25) is 0 Å². The number of piperazine rings is 1. The molecule has 3 aliphatic rings. The van der Waals surface area contributed by atoms with Crippen LogP contribution in [0.3, 0.4) is 0 Å². The lowest BCUT2D eigenvalue weighted by atomic mass is 9.82. The number of ether oxygens (including phenoxy) is 1. The summed E-state index contributed by atoms with van der Waals surface area (Å²) in [5.74, 6) is 1.37. The Morgan fingerprint density at radius 1 is 1.12 bits per heavy atom. The lowest BCUT2D eigenvalue weighted by Gasteiger charge is -2.39. The minimum atomic E-state index is 0.0933. The van der Waals surface area contributed by atoms with Crippen LogP contribution in [0.1, 0.15) is 18.4 Å². The molecule has 4 rings (SSSR count). The summed E-state index contributed by atoms with van der Waals surface area (Å²) in [6.45, 7) is 5.00. The minimum absolute atomic E-state index is 0.0933. The normalized spacial score (nSPS) is 24.5. The molecule has 172 valence electrons. The molecule has 3 amide bonds. The molecular formula is C24H32N4O4. The van der Waals surface area contributed by atoms with Crippen molar-refractivity contribution < 1.29 is 19.1 Å². The lowest BCUT2D eigenvalue weighted by Crippen LogP contribution is -2.50. The summed E-state index contributed by atoms with van der Waals surface area (Å²) in [5.41, 5.74) is 1.03. The van der Waals surface area contributed by atoms with Crippen molar-refractivity contribution in [2.75, 3.05) is 52.4 Å². The van der Waals surface area contributed by atoms with E-state index in [4.69, 9.17) is 4.74 Å². The van der Waals surface area contributed by atoms with Gasteiger partial charge in [0.15, 0.2) is 0 Å². The number of amides is 3. The first-order valence-corrected chi connectivity index (χ1v) is 11.5. The number of piperidine rings is 1. The summed E-state index contributed by atoms with van der Waals surface area (Å²) in [4.78, 5) is 42.1. The topological polar surface area (TPSA) is 82.2 Å². The second-order valence-electron chi connectivity index (χ2n) is 8.73. The fourth-order valence-electron chi connectivity index (χ4n) is 4.73. The van der Waals surface area contributed by atoms with Crippen LogP contribution in [0.15, 0.2) is 36.4 Å². The van der Waals surface area contributed by atoms with E-state index in [1.165, 1.54) is 0 Å². The highest BCUT2D eigenvalue weighted by Gasteiger charge is 2.33. The predicted molar refractivity (Wildman–Crippen MR) is 120 cm³/mol. The van der Waals surface area contributed by atoms with Crippen LogP contribution in [0, 0.1) is 11.8 Å². The zero-order valence-electron chi connectivity index (χ0n) is 18.4. The number of nitrogens with one attached hydrogen (secondary N) is 1. The second kappa shape index (κ2) is 10.6. The molecule has 8 heteroatoms. The number of fused-ring (bicyclic) bond motifs is 3. The SMILES string of the molecule is O=CN1CCN(C(=O)C[C@@H]2CCN3C[C@@H]2C=CCOc2ccccc2CNCC3=O)CC1. The summed E-state index contributed by atoms with van der Waals surface area (Å²) in [6, 6.07) is 7.86. The molecule has 2 fully saturated rings. The van der Waals surface area contributed by atoms with Gasteiger partial charge in [0.25, 0.3) is 0 Å². The minimum Gasteiger partial charge on any atom is -0.489 e.